The minimum atomic E-state index is -2.66. The van der Waals surface area contributed by atoms with Crippen molar-refractivity contribution in [2.24, 2.45) is 5.92 Å². The molecule has 2 N–H and O–H groups in total. The molecule has 2 aliphatic carbocycles. The normalized spacial score (nSPS) is 25.6. The standard InChI is InChI=1S/C20H21ClF2N4O/c21-19-7-17(26-16-5-2-13(12-28)3-6-16)15(10-24-19)4-1-14-9-25-27(11-14)18-8-20(18,22)23/h7,9-11,13,16,18,28H,2-3,5-6,8,12H2,(H,24,26)/t13?,16?,18-/m0/s1. The summed E-state index contributed by atoms with van der Waals surface area (Å²) in [6.45, 7) is 0.241. The van der Waals surface area contributed by atoms with Crippen molar-refractivity contribution in [2.45, 2.75) is 50.1 Å². The van der Waals surface area contributed by atoms with Gasteiger partial charge in [-0.3, -0.25) is 4.68 Å². The maximum Gasteiger partial charge on any atom is 0.272 e. The number of aromatic nitrogens is 3. The Hall–Kier alpha value is -2.17. The molecule has 148 valence electrons. The summed E-state index contributed by atoms with van der Waals surface area (Å²) in [5.41, 5.74) is 2.08. The van der Waals surface area contributed by atoms with Gasteiger partial charge >= 0.3 is 0 Å². The van der Waals surface area contributed by atoms with Crippen molar-refractivity contribution in [3.8, 4) is 11.8 Å². The SMILES string of the molecule is OCC1CCC(Nc2cc(Cl)ncc2C#Cc2cnn([C@H]3CC3(F)F)c2)CC1. The van der Waals surface area contributed by atoms with Gasteiger partial charge in [-0.25, -0.2) is 13.8 Å². The highest BCUT2D eigenvalue weighted by molar-refractivity contribution is 6.29. The van der Waals surface area contributed by atoms with E-state index in [1.165, 1.54) is 10.9 Å². The van der Waals surface area contributed by atoms with Gasteiger partial charge in [0, 0.05) is 31.5 Å². The molecule has 0 radical (unpaired) electrons. The van der Waals surface area contributed by atoms with E-state index in [4.69, 9.17) is 11.6 Å². The van der Waals surface area contributed by atoms with Crippen LogP contribution in [0.1, 0.15) is 49.3 Å². The molecule has 2 aromatic rings. The number of anilines is 1. The summed E-state index contributed by atoms with van der Waals surface area (Å²) in [5.74, 6) is 3.73. The average Bonchev–Trinajstić information content (AvgIpc) is 3.10. The number of alkyl halides is 2. The third kappa shape index (κ3) is 4.29. The maximum atomic E-state index is 13.2. The van der Waals surface area contributed by atoms with E-state index >= 15 is 0 Å². The van der Waals surface area contributed by atoms with Crippen LogP contribution in [-0.4, -0.2) is 38.4 Å². The van der Waals surface area contributed by atoms with Crippen LogP contribution in [0.5, 0.6) is 0 Å². The Balaban J connectivity index is 1.48. The van der Waals surface area contributed by atoms with Gasteiger partial charge in [0.2, 0.25) is 0 Å². The zero-order chi connectivity index (χ0) is 19.7. The van der Waals surface area contributed by atoms with E-state index < -0.39 is 12.0 Å². The summed E-state index contributed by atoms with van der Waals surface area (Å²) in [5, 5.41) is 17.1. The molecule has 0 saturated heterocycles. The van der Waals surface area contributed by atoms with Gasteiger partial charge in [-0.05, 0) is 37.7 Å². The van der Waals surface area contributed by atoms with E-state index in [1.54, 1.807) is 18.5 Å². The second-order valence-corrected chi connectivity index (χ2v) is 7.92. The first-order valence-corrected chi connectivity index (χ1v) is 9.79. The predicted octanol–water partition coefficient (Wildman–Crippen LogP) is 3.87. The Morgan fingerprint density at radius 3 is 2.68 bits per heavy atom. The van der Waals surface area contributed by atoms with E-state index in [9.17, 15) is 13.9 Å². The molecule has 0 amide bonds. The van der Waals surface area contributed by atoms with Crippen molar-refractivity contribution in [3.05, 3.63) is 40.9 Å². The lowest BCUT2D eigenvalue weighted by Gasteiger charge is -2.29. The summed E-state index contributed by atoms with van der Waals surface area (Å²) in [6, 6.07) is 1.19. The Kier molecular flexibility index (Phi) is 5.26. The van der Waals surface area contributed by atoms with Gasteiger partial charge in [-0.2, -0.15) is 5.10 Å². The lowest BCUT2D eigenvalue weighted by molar-refractivity contribution is 0.0983. The van der Waals surface area contributed by atoms with Crippen molar-refractivity contribution < 1.29 is 13.9 Å². The predicted molar refractivity (Wildman–Crippen MR) is 103 cm³/mol. The van der Waals surface area contributed by atoms with Gasteiger partial charge in [0.25, 0.3) is 5.92 Å². The van der Waals surface area contributed by atoms with Gasteiger partial charge in [-0.15, -0.1) is 0 Å². The van der Waals surface area contributed by atoms with Crippen molar-refractivity contribution >= 4 is 17.3 Å². The van der Waals surface area contributed by atoms with Crippen molar-refractivity contribution in [3.63, 3.8) is 0 Å². The van der Waals surface area contributed by atoms with Crippen LogP contribution in [0.4, 0.5) is 14.5 Å². The lowest BCUT2D eigenvalue weighted by atomic mass is 9.86. The van der Waals surface area contributed by atoms with Gasteiger partial charge < -0.3 is 10.4 Å². The molecular weight excluding hydrogens is 386 g/mol. The molecule has 2 heterocycles. The fourth-order valence-electron chi connectivity index (χ4n) is 3.56. The maximum absolute atomic E-state index is 13.2. The number of hydrogen-bond donors (Lipinski definition) is 2. The number of rotatable bonds is 4. The van der Waals surface area contributed by atoms with Crippen molar-refractivity contribution in [1.82, 2.24) is 14.8 Å². The first-order chi connectivity index (χ1) is 13.4. The second kappa shape index (κ2) is 7.69. The number of nitrogens with one attached hydrogen (secondary N) is 1. The Bertz CT molecular complexity index is 912. The number of pyridine rings is 1. The third-order valence-electron chi connectivity index (χ3n) is 5.39. The fraction of sp³-hybridized carbons (Fsp3) is 0.500. The van der Waals surface area contributed by atoms with Crippen LogP contribution in [0.15, 0.2) is 24.7 Å². The molecule has 2 saturated carbocycles. The lowest BCUT2D eigenvalue weighted by Crippen LogP contribution is -2.27. The summed E-state index contributed by atoms with van der Waals surface area (Å²) in [4.78, 5) is 4.10. The Morgan fingerprint density at radius 2 is 2.00 bits per heavy atom. The highest BCUT2D eigenvalue weighted by Gasteiger charge is 2.59. The molecule has 5 nitrogen and oxygen atoms in total. The van der Waals surface area contributed by atoms with E-state index in [0.29, 0.717) is 28.2 Å². The van der Waals surface area contributed by atoms with Crippen LogP contribution in [0, 0.1) is 17.8 Å². The molecule has 0 aromatic carbocycles. The molecule has 4 rings (SSSR count). The van der Waals surface area contributed by atoms with E-state index in [-0.39, 0.29) is 13.0 Å². The molecule has 0 bridgehead atoms. The van der Waals surface area contributed by atoms with Gasteiger partial charge in [0.15, 0.2) is 0 Å². The summed E-state index contributed by atoms with van der Waals surface area (Å²) >= 11 is 6.05. The number of aliphatic hydroxyl groups is 1. The largest absolute Gasteiger partial charge is 0.396 e. The number of aliphatic hydroxyl groups excluding tert-OH is 1. The van der Waals surface area contributed by atoms with Crippen LogP contribution in [0.3, 0.4) is 0 Å². The third-order valence-corrected chi connectivity index (χ3v) is 5.60. The van der Waals surface area contributed by atoms with Crippen LogP contribution in [-0.2, 0) is 0 Å². The average molecular weight is 407 g/mol. The monoisotopic (exact) mass is 406 g/mol. The quantitative estimate of drug-likeness (QED) is 0.597. The Labute approximate surface area is 167 Å². The summed E-state index contributed by atoms with van der Waals surface area (Å²) < 4.78 is 27.6. The Morgan fingerprint density at radius 1 is 1.25 bits per heavy atom. The first kappa shape index (κ1) is 19.2. The topological polar surface area (TPSA) is 63.0 Å². The molecule has 0 aliphatic heterocycles. The van der Waals surface area contributed by atoms with Gasteiger partial charge in [0.05, 0.1) is 23.0 Å². The van der Waals surface area contributed by atoms with Gasteiger partial charge in [-0.1, -0.05) is 23.4 Å². The second-order valence-electron chi connectivity index (χ2n) is 7.54. The summed E-state index contributed by atoms with van der Waals surface area (Å²) in [7, 11) is 0. The molecule has 2 aromatic heterocycles. The van der Waals surface area contributed by atoms with E-state index in [0.717, 1.165) is 31.4 Å². The molecule has 0 spiro atoms. The van der Waals surface area contributed by atoms with Crippen LogP contribution in [0.25, 0.3) is 0 Å². The first-order valence-electron chi connectivity index (χ1n) is 9.41. The minimum Gasteiger partial charge on any atom is -0.396 e. The van der Waals surface area contributed by atoms with E-state index in [2.05, 4.69) is 27.2 Å². The number of hydrogen-bond acceptors (Lipinski definition) is 4. The molecule has 2 aliphatic rings. The molecule has 28 heavy (non-hydrogen) atoms. The zero-order valence-corrected chi connectivity index (χ0v) is 16.0. The zero-order valence-electron chi connectivity index (χ0n) is 15.2. The van der Waals surface area contributed by atoms with Crippen LogP contribution in [0.2, 0.25) is 5.15 Å². The van der Waals surface area contributed by atoms with Crippen LogP contribution < -0.4 is 5.32 Å². The highest BCUT2D eigenvalue weighted by atomic mass is 35.5. The van der Waals surface area contributed by atoms with Crippen molar-refractivity contribution in [1.29, 1.82) is 0 Å². The molecule has 8 heteroatoms. The smallest absolute Gasteiger partial charge is 0.272 e. The number of halogens is 3. The van der Waals surface area contributed by atoms with Crippen LogP contribution >= 0.6 is 11.6 Å². The van der Waals surface area contributed by atoms with E-state index in [1.807, 2.05) is 0 Å². The molecular formula is C20H21ClF2N4O. The molecule has 2 fully saturated rings. The minimum absolute atomic E-state index is 0.171. The van der Waals surface area contributed by atoms with Gasteiger partial charge in [0.1, 0.15) is 11.2 Å². The summed E-state index contributed by atoms with van der Waals surface area (Å²) in [6.07, 6.45) is 8.39. The number of nitrogens with zero attached hydrogens (tertiary/aromatic N) is 3. The fourth-order valence-corrected chi connectivity index (χ4v) is 3.71. The molecule has 1 atom stereocenters. The molecule has 0 unspecified atom stereocenters. The van der Waals surface area contributed by atoms with Crippen molar-refractivity contribution in [2.75, 3.05) is 11.9 Å². The highest BCUT2D eigenvalue weighted by Crippen LogP contribution is 2.52.